The Bertz CT molecular complexity index is 666. The lowest BCUT2D eigenvalue weighted by atomic mass is 10.3. The second kappa shape index (κ2) is 5.96. The van der Waals surface area contributed by atoms with Gasteiger partial charge in [-0.3, -0.25) is 0 Å². The Labute approximate surface area is 118 Å². The van der Waals surface area contributed by atoms with Crippen LogP contribution in [-0.4, -0.2) is 30.6 Å². The van der Waals surface area contributed by atoms with Crippen molar-refractivity contribution < 1.29 is 17.9 Å². The molecule has 2 aromatic rings. The number of benzene rings is 1. The molecule has 0 unspecified atom stereocenters. The van der Waals surface area contributed by atoms with Crippen LogP contribution < -0.4 is 9.47 Å². The molecule has 1 aromatic carbocycles. The van der Waals surface area contributed by atoms with E-state index < -0.39 is 10.0 Å². The van der Waals surface area contributed by atoms with E-state index in [1.54, 1.807) is 6.07 Å². The molecule has 0 radical (unpaired) electrons. The third-order valence-electron chi connectivity index (χ3n) is 2.57. The van der Waals surface area contributed by atoms with Gasteiger partial charge in [0.25, 0.3) is 10.0 Å². The zero-order valence-electron chi connectivity index (χ0n) is 11.3. The highest BCUT2D eigenvalue weighted by atomic mass is 32.2. The van der Waals surface area contributed by atoms with E-state index in [2.05, 4.69) is 4.98 Å². The Balaban J connectivity index is 2.45. The minimum absolute atomic E-state index is 0.127. The SMILES string of the molecule is CCOc1ccc(S(=O)(=O)n2ccnc2)cc1OCC. The smallest absolute Gasteiger partial charge is 0.269 e. The quantitative estimate of drug-likeness (QED) is 0.814. The van der Waals surface area contributed by atoms with Gasteiger partial charge < -0.3 is 9.47 Å². The monoisotopic (exact) mass is 296 g/mol. The molecule has 0 aliphatic carbocycles. The summed E-state index contributed by atoms with van der Waals surface area (Å²) < 4.78 is 36.6. The average molecular weight is 296 g/mol. The van der Waals surface area contributed by atoms with Crippen LogP contribution in [0.1, 0.15) is 13.8 Å². The number of nitrogens with zero attached hydrogens (tertiary/aromatic N) is 2. The molecular formula is C13H16N2O4S. The van der Waals surface area contributed by atoms with E-state index in [4.69, 9.17) is 9.47 Å². The summed E-state index contributed by atoms with van der Waals surface area (Å²) in [6, 6.07) is 4.55. The summed E-state index contributed by atoms with van der Waals surface area (Å²) in [6.45, 7) is 4.58. The van der Waals surface area contributed by atoms with Crippen LogP contribution >= 0.6 is 0 Å². The first-order valence-electron chi connectivity index (χ1n) is 6.22. The van der Waals surface area contributed by atoms with Gasteiger partial charge in [-0.05, 0) is 26.0 Å². The molecule has 1 aromatic heterocycles. The molecule has 0 N–H and O–H groups in total. The van der Waals surface area contributed by atoms with Crippen molar-refractivity contribution >= 4 is 10.0 Å². The molecule has 0 bridgehead atoms. The van der Waals surface area contributed by atoms with Gasteiger partial charge >= 0.3 is 0 Å². The lowest BCUT2D eigenvalue weighted by molar-refractivity contribution is 0.287. The molecule has 0 fully saturated rings. The molecule has 0 aliphatic heterocycles. The molecular weight excluding hydrogens is 280 g/mol. The normalized spacial score (nSPS) is 11.3. The molecule has 0 spiro atoms. The molecule has 2 rings (SSSR count). The summed E-state index contributed by atoms with van der Waals surface area (Å²) in [5.41, 5.74) is 0. The maximum absolute atomic E-state index is 12.3. The van der Waals surface area contributed by atoms with Crippen molar-refractivity contribution in [3.8, 4) is 11.5 Å². The largest absolute Gasteiger partial charge is 0.490 e. The summed E-state index contributed by atoms with van der Waals surface area (Å²) in [7, 11) is -3.65. The number of hydrogen-bond donors (Lipinski definition) is 0. The van der Waals surface area contributed by atoms with Crippen LogP contribution in [0.5, 0.6) is 11.5 Å². The fourth-order valence-electron chi connectivity index (χ4n) is 1.70. The highest BCUT2D eigenvalue weighted by molar-refractivity contribution is 7.90. The highest BCUT2D eigenvalue weighted by Gasteiger charge is 2.18. The Morgan fingerprint density at radius 1 is 1.15 bits per heavy atom. The first kappa shape index (κ1) is 14.4. The number of hydrogen-bond acceptors (Lipinski definition) is 5. The van der Waals surface area contributed by atoms with E-state index in [-0.39, 0.29) is 4.90 Å². The van der Waals surface area contributed by atoms with E-state index >= 15 is 0 Å². The first-order chi connectivity index (χ1) is 9.59. The van der Waals surface area contributed by atoms with Crippen molar-refractivity contribution in [3.63, 3.8) is 0 Å². The Kier molecular flexibility index (Phi) is 4.29. The van der Waals surface area contributed by atoms with Crippen LogP contribution in [0, 0.1) is 0 Å². The van der Waals surface area contributed by atoms with Gasteiger partial charge in [-0.25, -0.2) is 17.4 Å². The molecule has 7 heteroatoms. The van der Waals surface area contributed by atoms with E-state index in [1.165, 1.54) is 30.9 Å². The van der Waals surface area contributed by atoms with Gasteiger partial charge in [0.1, 0.15) is 6.33 Å². The average Bonchev–Trinajstić information content (AvgIpc) is 2.96. The maximum atomic E-state index is 12.3. The van der Waals surface area contributed by atoms with Gasteiger partial charge in [0.15, 0.2) is 11.5 Å². The van der Waals surface area contributed by atoms with Crippen molar-refractivity contribution in [1.82, 2.24) is 8.96 Å². The molecule has 0 aliphatic rings. The third kappa shape index (κ3) is 2.77. The Hall–Kier alpha value is -2.02. The lowest BCUT2D eigenvalue weighted by Crippen LogP contribution is -2.11. The van der Waals surface area contributed by atoms with Crippen LogP contribution in [0.4, 0.5) is 0 Å². The predicted octanol–water partition coefficient (Wildman–Crippen LogP) is 1.92. The van der Waals surface area contributed by atoms with Crippen LogP contribution in [-0.2, 0) is 10.0 Å². The minimum atomic E-state index is -3.65. The molecule has 0 saturated heterocycles. The maximum Gasteiger partial charge on any atom is 0.269 e. The van der Waals surface area contributed by atoms with E-state index in [9.17, 15) is 8.42 Å². The first-order valence-corrected chi connectivity index (χ1v) is 7.66. The van der Waals surface area contributed by atoms with Crippen LogP contribution in [0.25, 0.3) is 0 Å². The number of aromatic nitrogens is 2. The molecule has 108 valence electrons. The molecule has 0 saturated carbocycles. The van der Waals surface area contributed by atoms with Gasteiger partial charge in [0.05, 0.1) is 18.1 Å². The number of rotatable bonds is 6. The third-order valence-corrected chi connectivity index (χ3v) is 4.19. The molecule has 0 amide bonds. The molecule has 1 heterocycles. The van der Waals surface area contributed by atoms with Crippen LogP contribution in [0.15, 0.2) is 41.8 Å². The van der Waals surface area contributed by atoms with E-state index in [1.807, 2.05) is 13.8 Å². The summed E-state index contributed by atoms with van der Waals surface area (Å²) in [6.07, 6.45) is 4.04. The van der Waals surface area contributed by atoms with Crippen molar-refractivity contribution in [2.45, 2.75) is 18.7 Å². The summed E-state index contributed by atoms with van der Waals surface area (Å²) >= 11 is 0. The van der Waals surface area contributed by atoms with E-state index in [0.29, 0.717) is 24.7 Å². The van der Waals surface area contributed by atoms with Crippen molar-refractivity contribution in [3.05, 3.63) is 36.9 Å². The Morgan fingerprint density at radius 3 is 2.45 bits per heavy atom. The van der Waals surface area contributed by atoms with Crippen LogP contribution in [0.3, 0.4) is 0 Å². The molecule has 20 heavy (non-hydrogen) atoms. The second-order valence-corrected chi connectivity index (χ2v) is 5.72. The standard InChI is InChI=1S/C13H16N2O4S/c1-3-18-12-6-5-11(9-13(12)19-4-2)20(16,17)15-8-7-14-10-15/h5-10H,3-4H2,1-2H3. The van der Waals surface area contributed by atoms with Crippen LogP contribution in [0.2, 0.25) is 0 Å². The topological polar surface area (TPSA) is 70.4 Å². The zero-order chi connectivity index (χ0) is 14.6. The summed E-state index contributed by atoms with van der Waals surface area (Å²) in [5.74, 6) is 0.939. The predicted molar refractivity (Wildman–Crippen MR) is 73.6 cm³/mol. The highest BCUT2D eigenvalue weighted by Crippen LogP contribution is 2.30. The van der Waals surface area contributed by atoms with Gasteiger partial charge in [0, 0.05) is 18.5 Å². The summed E-state index contributed by atoms with van der Waals surface area (Å²) in [4.78, 5) is 3.87. The van der Waals surface area contributed by atoms with Crippen molar-refractivity contribution in [1.29, 1.82) is 0 Å². The van der Waals surface area contributed by atoms with Gasteiger partial charge in [-0.1, -0.05) is 0 Å². The van der Waals surface area contributed by atoms with Gasteiger partial charge in [0.2, 0.25) is 0 Å². The zero-order valence-corrected chi connectivity index (χ0v) is 12.1. The minimum Gasteiger partial charge on any atom is -0.490 e. The van der Waals surface area contributed by atoms with Crippen molar-refractivity contribution in [2.75, 3.05) is 13.2 Å². The number of imidazole rings is 1. The summed E-state index contributed by atoms with van der Waals surface area (Å²) in [5, 5.41) is 0. The lowest BCUT2D eigenvalue weighted by Gasteiger charge is -2.12. The number of ether oxygens (including phenoxy) is 2. The Morgan fingerprint density at radius 2 is 1.85 bits per heavy atom. The fraction of sp³-hybridized carbons (Fsp3) is 0.308. The van der Waals surface area contributed by atoms with Gasteiger partial charge in [-0.15, -0.1) is 0 Å². The fourth-order valence-corrected chi connectivity index (χ4v) is 2.84. The molecule has 6 nitrogen and oxygen atoms in total. The second-order valence-electron chi connectivity index (χ2n) is 3.87. The van der Waals surface area contributed by atoms with Crippen molar-refractivity contribution in [2.24, 2.45) is 0 Å². The molecule has 0 atom stereocenters. The van der Waals surface area contributed by atoms with Gasteiger partial charge in [-0.2, -0.15) is 0 Å². The van der Waals surface area contributed by atoms with E-state index in [0.717, 1.165) is 3.97 Å².